The van der Waals surface area contributed by atoms with Gasteiger partial charge in [0.1, 0.15) is 24.2 Å². The molecular formula is C32H28ClFN2O6S. The van der Waals surface area contributed by atoms with E-state index in [-0.39, 0.29) is 23.6 Å². The SMILES string of the molecule is CCOc1cc(/C=c2\sc3n(c2=O)[C@H](c2cc(Cl)ccc2OC)C(C(=O)OC)=C(C)N=3)ccc1OCc1ccc(F)cc1. The molecule has 1 aromatic heterocycles. The monoisotopic (exact) mass is 622 g/mol. The molecule has 0 radical (unpaired) electrons. The number of nitrogens with zero attached hydrogens (tertiary/aromatic N) is 2. The van der Waals surface area contributed by atoms with Crippen LogP contribution in [0.25, 0.3) is 6.08 Å². The van der Waals surface area contributed by atoms with Crippen molar-refractivity contribution in [1.29, 1.82) is 0 Å². The summed E-state index contributed by atoms with van der Waals surface area (Å²) in [7, 11) is 2.79. The van der Waals surface area contributed by atoms with E-state index < -0.39 is 12.0 Å². The standard InChI is InChI=1S/C32H28ClFN2O6S/c1-5-41-26-14-20(8-12-25(26)42-17-19-6-10-22(34)11-7-19)15-27-30(37)36-29(23-16-21(33)9-13-24(23)39-3)28(31(38)40-4)18(2)35-32(36)43-27/h6-16,29H,5,17H2,1-4H3/b27-15-/t29-/m1/s1. The number of hydrogen-bond acceptors (Lipinski definition) is 8. The van der Waals surface area contributed by atoms with Gasteiger partial charge in [-0.15, -0.1) is 0 Å². The predicted octanol–water partition coefficient (Wildman–Crippen LogP) is 5.19. The lowest BCUT2D eigenvalue weighted by molar-refractivity contribution is -0.136. The number of benzene rings is 3. The van der Waals surface area contributed by atoms with Crippen LogP contribution in [0.15, 0.2) is 81.7 Å². The Kier molecular flexibility index (Phi) is 8.98. The molecule has 0 saturated carbocycles. The number of carbonyl (C=O) groups excluding carboxylic acids is 1. The molecule has 0 saturated heterocycles. The number of allylic oxidation sites excluding steroid dienone is 1. The van der Waals surface area contributed by atoms with Crippen LogP contribution in [-0.2, 0) is 16.1 Å². The summed E-state index contributed by atoms with van der Waals surface area (Å²) in [6, 6.07) is 15.6. The highest BCUT2D eigenvalue weighted by Gasteiger charge is 2.35. The highest BCUT2D eigenvalue weighted by atomic mass is 35.5. The van der Waals surface area contributed by atoms with Gasteiger partial charge in [0, 0.05) is 10.6 Å². The Balaban J connectivity index is 1.58. The van der Waals surface area contributed by atoms with E-state index >= 15 is 0 Å². The predicted molar refractivity (Wildman–Crippen MR) is 162 cm³/mol. The first kappa shape index (κ1) is 30.1. The van der Waals surface area contributed by atoms with Crippen molar-refractivity contribution < 1.29 is 28.1 Å². The maximum atomic E-state index is 14.0. The van der Waals surface area contributed by atoms with Gasteiger partial charge in [-0.2, -0.15) is 0 Å². The lowest BCUT2D eigenvalue weighted by Crippen LogP contribution is -2.40. The molecule has 1 atom stereocenters. The Morgan fingerprint density at radius 1 is 1.05 bits per heavy atom. The highest BCUT2D eigenvalue weighted by molar-refractivity contribution is 7.07. The summed E-state index contributed by atoms with van der Waals surface area (Å²) in [5, 5.41) is 0.419. The van der Waals surface area contributed by atoms with E-state index in [0.29, 0.717) is 55.0 Å². The molecule has 0 aliphatic carbocycles. The van der Waals surface area contributed by atoms with E-state index in [4.69, 9.17) is 30.5 Å². The topological polar surface area (TPSA) is 88.4 Å². The summed E-state index contributed by atoms with van der Waals surface area (Å²) in [5.74, 6) is 0.536. The van der Waals surface area contributed by atoms with Crippen LogP contribution in [-0.4, -0.2) is 31.4 Å². The third-order valence-corrected chi connectivity index (χ3v) is 8.00. The summed E-state index contributed by atoms with van der Waals surface area (Å²) in [4.78, 5) is 31.9. The molecule has 4 aromatic rings. The van der Waals surface area contributed by atoms with Gasteiger partial charge in [-0.25, -0.2) is 14.2 Å². The van der Waals surface area contributed by atoms with Crippen LogP contribution in [0.1, 0.15) is 36.6 Å². The molecule has 1 aliphatic heterocycles. The first-order valence-corrected chi connectivity index (χ1v) is 14.5. The second-order valence-electron chi connectivity index (χ2n) is 9.51. The number of carbonyl (C=O) groups is 1. The average molecular weight is 623 g/mol. The molecule has 0 fully saturated rings. The Hall–Kier alpha value is -4.41. The van der Waals surface area contributed by atoms with E-state index in [1.807, 2.05) is 13.0 Å². The van der Waals surface area contributed by atoms with Crippen LogP contribution in [0.3, 0.4) is 0 Å². The number of ether oxygens (including phenoxy) is 4. The fourth-order valence-electron chi connectivity index (χ4n) is 4.80. The van der Waals surface area contributed by atoms with Gasteiger partial charge in [0.2, 0.25) is 0 Å². The number of aromatic nitrogens is 1. The van der Waals surface area contributed by atoms with Crippen LogP contribution in [0.2, 0.25) is 5.02 Å². The van der Waals surface area contributed by atoms with Crippen LogP contribution < -0.4 is 29.1 Å². The van der Waals surface area contributed by atoms with Crippen LogP contribution in [0.4, 0.5) is 4.39 Å². The van der Waals surface area contributed by atoms with Gasteiger partial charge in [0.05, 0.1) is 36.6 Å². The number of thiazole rings is 1. The minimum absolute atomic E-state index is 0.211. The maximum absolute atomic E-state index is 14.0. The third kappa shape index (κ3) is 6.21. The molecule has 0 unspecified atom stereocenters. The number of hydrogen-bond donors (Lipinski definition) is 0. The van der Waals surface area contributed by atoms with E-state index in [0.717, 1.165) is 5.56 Å². The molecule has 1 aliphatic rings. The van der Waals surface area contributed by atoms with Crippen molar-refractivity contribution in [2.45, 2.75) is 26.5 Å². The van der Waals surface area contributed by atoms with E-state index in [1.54, 1.807) is 55.5 Å². The summed E-state index contributed by atoms with van der Waals surface area (Å²) in [5.41, 5.74) is 2.32. The molecule has 0 amide bonds. The molecule has 0 N–H and O–H groups in total. The molecule has 43 heavy (non-hydrogen) atoms. The van der Waals surface area contributed by atoms with Crippen molar-refractivity contribution in [3.63, 3.8) is 0 Å². The van der Waals surface area contributed by atoms with Gasteiger partial charge in [-0.3, -0.25) is 9.36 Å². The molecule has 2 heterocycles. The Bertz CT molecular complexity index is 1900. The van der Waals surface area contributed by atoms with Crippen molar-refractivity contribution in [2.75, 3.05) is 20.8 Å². The third-order valence-electron chi connectivity index (χ3n) is 6.79. The largest absolute Gasteiger partial charge is 0.496 e. The molecular weight excluding hydrogens is 595 g/mol. The maximum Gasteiger partial charge on any atom is 0.338 e. The first-order valence-electron chi connectivity index (χ1n) is 13.3. The lowest BCUT2D eigenvalue weighted by Gasteiger charge is -2.25. The van der Waals surface area contributed by atoms with Crippen molar-refractivity contribution in [1.82, 2.24) is 4.57 Å². The molecule has 222 valence electrons. The highest BCUT2D eigenvalue weighted by Crippen LogP contribution is 2.37. The molecule has 3 aromatic carbocycles. The number of esters is 1. The number of halogens is 2. The second-order valence-corrected chi connectivity index (χ2v) is 11.0. The van der Waals surface area contributed by atoms with E-state index in [1.165, 1.54) is 42.3 Å². The molecule has 8 nitrogen and oxygen atoms in total. The number of methoxy groups -OCH3 is 2. The Labute approximate surface area is 255 Å². The normalized spacial score (nSPS) is 14.7. The minimum Gasteiger partial charge on any atom is -0.496 e. The van der Waals surface area contributed by atoms with E-state index in [9.17, 15) is 14.0 Å². The second kappa shape index (κ2) is 12.8. The van der Waals surface area contributed by atoms with Gasteiger partial charge >= 0.3 is 5.97 Å². The molecule has 0 spiro atoms. The molecule has 5 rings (SSSR count). The Morgan fingerprint density at radius 2 is 1.79 bits per heavy atom. The van der Waals surface area contributed by atoms with Crippen molar-refractivity contribution in [2.24, 2.45) is 4.99 Å². The van der Waals surface area contributed by atoms with Crippen molar-refractivity contribution in [3.8, 4) is 17.2 Å². The molecule has 0 bridgehead atoms. The van der Waals surface area contributed by atoms with Crippen molar-refractivity contribution >= 4 is 35.0 Å². The zero-order chi connectivity index (χ0) is 30.7. The summed E-state index contributed by atoms with van der Waals surface area (Å²) in [6.45, 7) is 4.19. The van der Waals surface area contributed by atoms with Gasteiger partial charge in [0.25, 0.3) is 5.56 Å². The summed E-state index contributed by atoms with van der Waals surface area (Å²) < 4.78 is 37.6. The van der Waals surface area contributed by atoms with Gasteiger partial charge in [-0.05, 0) is 73.5 Å². The van der Waals surface area contributed by atoms with E-state index in [2.05, 4.69) is 4.99 Å². The fraction of sp³-hybridized carbons (Fsp3) is 0.219. The number of rotatable bonds is 9. The average Bonchev–Trinajstić information content (AvgIpc) is 3.30. The first-order chi connectivity index (χ1) is 20.7. The van der Waals surface area contributed by atoms with Crippen LogP contribution >= 0.6 is 22.9 Å². The molecule has 11 heteroatoms. The van der Waals surface area contributed by atoms with Gasteiger partial charge in [0.15, 0.2) is 16.3 Å². The fourth-order valence-corrected chi connectivity index (χ4v) is 6.03. The van der Waals surface area contributed by atoms with Crippen LogP contribution in [0, 0.1) is 5.82 Å². The zero-order valence-electron chi connectivity index (χ0n) is 23.9. The zero-order valence-corrected chi connectivity index (χ0v) is 25.4. The summed E-state index contributed by atoms with van der Waals surface area (Å²) in [6.07, 6.45) is 1.74. The quantitative estimate of drug-likeness (QED) is 0.239. The summed E-state index contributed by atoms with van der Waals surface area (Å²) >= 11 is 7.54. The van der Waals surface area contributed by atoms with Crippen LogP contribution in [0.5, 0.6) is 17.2 Å². The number of fused-ring (bicyclic) bond motifs is 1. The van der Waals surface area contributed by atoms with Gasteiger partial charge in [-0.1, -0.05) is 41.1 Å². The lowest BCUT2D eigenvalue weighted by atomic mass is 9.95. The van der Waals surface area contributed by atoms with Gasteiger partial charge < -0.3 is 18.9 Å². The smallest absolute Gasteiger partial charge is 0.338 e. The van der Waals surface area contributed by atoms with Crippen molar-refractivity contribution in [3.05, 3.63) is 119 Å². The minimum atomic E-state index is -0.874. The Morgan fingerprint density at radius 3 is 2.49 bits per heavy atom.